The quantitative estimate of drug-likeness (QED) is 0.486. The Kier molecular flexibility index (Phi) is 8.08. The molecule has 0 bridgehead atoms. The van der Waals surface area contributed by atoms with Crippen molar-refractivity contribution in [3.8, 4) is 11.8 Å². The van der Waals surface area contributed by atoms with Gasteiger partial charge in [-0.3, -0.25) is 0 Å². The normalized spacial score (nSPS) is 10.0. The second-order valence-electron chi connectivity index (χ2n) is 4.29. The highest BCUT2D eigenvalue weighted by molar-refractivity contribution is 6.17. The molecule has 2 nitrogen and oxygen atoms in total. The Hall–Kier alpha value is -1.20. The summed E-state index contributed by atoms with van der Waals surface area (Å²) in [4.78, 5) is 0. The number of halogens is 1. The SMILES string of the molecule is N#Cc1ccc(OCCCCCCCCCl)cc1. The number of nitriles is 1. The standard InChI is InChI=1S/C15H20ClNO/c16-11-5-3-1-2-4-6-12-18-15-9-7-14(13-17)8-10-15/h7-10H,1-6,11-12H2. The molecule has 1 aromatic carbocycles. The van der Waals surface area contributed by atoms with Gasteiger partial charge in [0.05, 0.1) is 18.2 Å². The summed E-state index contributed by atoms with van der Waals surface area (Å²) in [6.45, 7) is 0.751. The maximum atomic E-state index is 8.66. The topological polar surface area (TPSA) is 33.0 Å². The van der Waals surface area contributed by atoms with Crippen molar-refractivity contribution in [3.05, 3.63) is 29.8 Å². The molecular formula is C15H20ClNO. The van der Waals surface area contributed by atoms with Crippen LogP contribution in [0.5, 0.6) is 5.75 Å². The Labute approximate surface area is 115 Å². The fraction of sp³-hybridized carbons (Fsp3) is 0.533. The number of hydrogen-bond donors (Lipinski definition) is 0. The van der Waals surface area contributed by atoms with Crippen LogP contribution in [0.15, 0.2) is 24.3 Å². The van der Waals surface area contributed by atoms with Gasteiger partial charge in [-0.25, -0.2) is 0 Å². The van der Waals surface area contributed by atoms with Crippen LogP contribution >= 0.6 is 11.6 Å². The van der Waals surface area contributed by atoms with Gasteiger partial charge in [0.15, 0.2) is 0 Å². The lowest BCUT2D eigenvalue weighted by Gasteiger charge is -2.05. The molecule has 0 atom stereocenters. The van der Waals surface area contributed by atoms with E-state index in [-0.39, 0.29) is 0 Å². The number of alkyl halides is 1. The van der Waals surface area contributed by atoms with Gasteiger partial charge in [-0.2, -0.15) is 5.26 Å². The number of rotatable bonds is 9. The van der Waals surface area contributed by atoms with Crippen molar-refractivity contribution in [1.82, 2.24) is 0 Å². The molecule has 1 rings (SSSR count). The van der Waals surface area contributed by atoms with E-state index in [9.17, 15) is 0 Å². The first kappa shape index (κ1) is 14.9. The zero-order chi connectivity index (χ0) is 13.1. The first-order chi connectivity index (χ1) is 8.86. The number of ether oxygens (including phenoxy) is 1. The van der Waals surface area contributed by atoms with Gasteiger partial charge in [0.2, 0.25) is 0 Å². The van der Waals surface area contributed by atoms with Crippen LogP contribution in [0.1, 0.15) is 44.1 Å². The van der Waals surface area contributed by atoms with Crippen LogP contribution in [-0.2, 0) is 0 Å². The number of unbranched alkanes of at least 4 members (excludes halogenated alkanes) is 5. The molecule has 98 valence electrons. The molecule has 0 radical (unpaired) electrons. The van der Waals surface area contributed by atoms with Gasteiger partial charge in [0, 0.05) is 5.88 Å². The molecule has 0 heterocycles. The third-order valence-corrected chi connectivity index (χ3v) is 3.05. The maximum Gasteiger partial charge on any atom is 0.119 e. The van der Waals surface area contributed by atoms with Crippen molar-refractivity contribution in [2.45, 2.75) is 38.5 Å². The Morgan fingerprint density at radius 2 is 1.56 bits per heavy atom. The monoisotopic (exact) mass is 265 g/mol. The van der Waals surface area contributed by atoms with Gasteiger partial charge in [-0.05, 0) is 37.1 Å². The van der Waals surface area contributed by atoms with E-state index in [1.165, 1.54) is 25.7 Å². The highest BCUT2D eigenvalue weighted by Crippen LogP contribution is 2.12. The molecule has 0 aliphatic carbocycles. The van der Waals surface area contributed by atoms with Gasteiger partial charge >= 0.3 is 0 Å². The van der Waals surface area contributed by atoms with E-state index < -0.39 is 0 Å². The zero-order valence-corrected chi connectivity index (χ0v) is 11.5. The smallest absolute Gasteiger partial charge is 0.119 e. The molecule has 18 heavy (non-hydrogen) atoms. The van der Waals surface area contributed by atoms with Crippen molar-refractivity contribution in [2.24, 2.45) is 0 Å². The molecule has 0 aliphatic rings. The average molecular weight is 266 g/mol. The van der Waals surface area contributed by atoms with Crippen molar-refractivity contribution in [2.75, 3.05) is 12.5 Å². The molecule has 1 aromatic rings. The van der Waals surface area contributed by atoms with E-state index in [4.69, 9.17) is 21.6 Å². The van der Waals surface area contributed by atoms with Gasteiger partial charge < -0.3 is 4.74 Å². The molecule has 0 unspecified atom stereocenters. The minimum atomic E-state index is 0.668. The summed E-state index contributed by atoms with van der Waals surface area (Å²) < 4.78 is 5.60. The lowest BCUT2D eigenvalue weighted by molar-refractivity contribution is 0.304. The van der Waals surface area contributed by atoms with Crippen LogP contribution in [0.25, 0.3) is 0 Å². The molecular weight excluding hydrogens is 246 g/mol. The van der Waals surface area contributed by atoms with E-state index >= 15 is 0 Å². The molecule has 0 N–H and O–H groups in total. The van der Waals surface area contributed by atoms with Crippen molar-refractivity contribution in [1.29, 1.82) is 5.26 Å². The van der Waals surface area contributed by atoms with E-state index in [1.807, 2.05) is 12.1 Å². The summed E-state index contributed by atoms with van der Waals surface area (Å²) >= 11 is 5.61. The number of nitrogens with zero attached hydrogens (tertiary/aromatic N) is 1. The summed E-state index contributed by atoms with van der Waals surface area (Å²) in [5.41, 5.74) is 0.668. The summed E-state index contributed by atoms with van der Waals surface area (Å²) in [6.07, 6.45) is 7.18. The lowest BCUT2D eigenvalue weighted by atomic mass is 10.1. The maximum absolute atomic E-state index is 8.66. The van der Waals surface area contributed by atoms with E-state index in [0.717, 1.165) is 31.1 Å². The van der Waals surface area contributed by atoms with E-state index in [1.54, 1.807) is 12.1 Å². The van der Waals surface area contributed by atoms with Crippen LogP contribution in [0.2, 0.25) is 0 Å². The summed E-state index contributed by atoms with van der Waals surface area (Å²) in [5, 5.41) is 8.66. The zero-order valence-electron chi connectivity index (χ0n) is 10.7. The van der Waals surface area contributed by atoms with Crippen LogP contribution in [0.3, 0.4) is 0 Å². The minimum absolute atomic E-state index is 0.668. The fourth-order valence-corrected chi connectivity index (χ4v) is 1.91. The minimum Gasteiger partial charge on any atom is -0.494 e. The van der Waals surface area contributed by atoms with E-state index in [0.29, 0.717) is 5.56 Å². The first-order valence-corrected chi connectivity index (χ1v) is 7.09. The second-order valence-corrected chi connectivity index (χ2v) is 4.67. The summed E-state index contributed by atoms with van der Waals surface area (Å²) in [6, 6.07) is 9.34. The molecule has 0 amide bonds. The molecule has 0 spiro atoms. The highest BCUT2D eigenvalue weighted by atomic mass is 35.5. The fourth-order valence-electron chi connectivity index (χ4n) is 1.72. The Morgan fingerprint density at radius 1 is 0.944 bits per heavy atom. The molecule has 0 saturated carbocycles. The summed E-state index contributed by atoms with van der Waals surface area (Å²) in [5.74, 6) is 1.62. The van der Waals surface area contributed by atoms with Gasteiger partial charge in [-0.15, -0.1) is 11.6 Å². The van der Waals surface area contributed by atoms with Crippen molar-refractivity contribution >= 4 is 11.6 Å². The molecule has 3 heteroatoms. The Morgan fingerprint density at radius 3 is 2.17 bits per heavy atom. The van der Waals surface area contributed by atoms with Crippen LogP contribution in [0.4, 0.5) is 0 Å². The predicted octanol–water partition coefficient (Wildman–Crippen LogP) is 4.52. The lowest BCUT2D eigenvalue weighted by Crippen LogP contribution is -1.97. The van der Waals surface area contributed by atoms with Crippen LogP contribution in [0, 0.1) is 11.3 Å². The third-order valence-electron chi connectivity index (χ3n) is 2.78. The molecule has 0 aliphatic heterocycles. The predicted molar refractivity (Wildman–Crippen MR) is 75.1 cm³/mol. The number of hydrogen-bond acceptors (Lipinski definition) is 2. The molecule has 0 fully saturated rings. The third kappa shape index (κ3) is 6.51. The summed E-state index contributed by atoms with van der Waals surface area (Å²) in [7, 11) is 0. The molecule has 0 aromatic heterocycles. The van der Waals surface area contributed by atoms with Crippen LogP contribution < -0.4 is 4.74 Å². The molecule has 0 saturated heterocycles. The highest BCUT2D eigenvalue weighted by Gasteiger charge is 1.95. The average Bonchev–Trinajstić information content (AvgIpc) is 2.42. The van der Waals surface area contributed by atoms with Gasteiger partial charge in [0.1, 0.15) is 5.75 Å². The van der Waals surface area contributed by atoms with Crippen molar-refractivity contribution in [3.63, 3.8) is 0 Å². The van der Waals surface area contributed by atoms with Crippen molar-refractivity contribution < 1.29 is 4.74 Å². The van der Waals surface area contributed by atoms with E-state index in [2.05, 4.69) is 6.07 Å². The van der Waals surface area contributed by atoms with Gasteiger partial charge in [0.25, 0.3) is 0 Å². The second kappa shape index (κ2) is 9.79. The number of benzene rings is 1. The largest absolute Gasteiger partial charge is 0.494 e. The Bertz CT molecular complexity index is 356. The first-order valence-electron chi connectivity index (χ1n) is 6.56. The van der Waals surface area contributed by atoms with Crippen LogP contribution in [-0.4, -0.2) is 12.5 Å². The van der Waals surface area contributed by atoms with Gasteiger partial charge in [-0.1, -0.05) is 25.7 Å². The Balaban J connectivity index is 2.02.